The molecule has 0 atom stereocenters. The lowest BCUT2D eigenvalue weighted by Crippen LogP contribution is -2.33. The van der Waals surface area contributed by atoms with Gasteiger partial charge in [0.15, 0.2) is 0 Å². The topological polar surface area (TPSA) is 51.9 Å². The van der Waals surface area contributed by atoms with Gasteiger partial charge in [-0.3, -0.25) is 4.90 Å². The number of hydrogen-bond acceptors (Lipinski definition) is 5. The van der Waals surface area contributed by atoms with Crippen molar-refractivity contribution in [3.8, 4) is 5.75 Å². The van der Waals surface area contributed by atoms with E-state index in [1.807, 2.05) is 6.92 Å². The predicted octanol–water partition coefficient (Wildman–Crippen LogP) is 2.78. The molecular weight excluding hydrogens is 306 g/mol. The monoisotopic (exact) mass is 329 g/mol. The van der Waals surface area contributed by atoms with Gasteiger partial charge in [0, 0.05) is 48.9 Å². The maximum absolute atomic E-state index is 12.2. The van der Waals surface area contributed by atoms with Crippen LogP contribution in [-0.4, -0.2) is 31.9 Å². The molecule has 5 nitrogen and oxygen atoms in total. The van der Waals surface area contributed by atoms with E-state index in [2.05, 4.69) is 11.0 Å². The Labute approximate surface area is 141 Å². The molecule has 1 aliphatic heterocycles. The second-order valence-electron chi connectivity index (χ2n) is 6.74. The molecule has 0 bridgehead atoms. The molecule has 2 aromatic rings. The summed E-state index contributed by atoms with van der Waals surface area (Å²) in [5.74, 6) is 0.881. The van der Waals surface area contributed by atoms with E-state index in [-0.39, 0.29) is 5.63 Å². The number of aryl methyl sites for hydroxylation is 2. The van der Waals surface area contributed by atoms with Crippen LogP contribution < -0.4 is 10.4 Å². The van der Waals surface area contributed by atoms with Crippen LogP contribution in [0.15, 0.2) is 15.3 Å². The number of ether oxygens (including phenoxy) is 2. The van der Waals surface area contributed by atoms with Crippen molar-refractivity contribution in [3.63, 3.8) is 0 Å². The van der Waals surface area contributed by atoms with Crippen LogP contribution in [0.4, 0.5) is 0 Å². The molecule has 24 heavy (non-hydrogen) atoms. The highest BCUT2D eigenvalue weighted by molar-refractivity contribution is 5.87. The van der Waals surface area contributed by atoms with Gasteiger partial charge in [-0.25, -0.2) is 4.79 Å². The zero-order chi connectivity index (χ0) is 16.7. The molecule has 5 heteroatoms. The van der Waals surface area contributed by atoms with Gasteiger partial charge in [-0.05, 0) is 44.2 Å². The second kappa shape index (κ2) is 6.22. The van der Waals surface area contributed by atoms with Gasteiger partial charge in [-0.15, -0.1) is 0 Å². The lowest BCUT2D eigenvalue weighted by molar-refractivity contribution is 0.0830. The van der Waals surface area contributed by atoms with Gasteiger partial charge < -0.3 is 13.9 Å². The van der Waals surface area contributed by atoms with Crippen LogP contribution in [0.5, 0.6) is 5.75 Å². The maximum Gasteiger partial charge on any atom is 0.339 e. The molecule has 0 saturated carbocycles. The first-order chi connectivity index (χ1) is 11.7. The van der Waals surface area contributed by atoms with Crippen molar-refractivity contribution in [1.82, 2.24) is 4.90 Å². The van der Waals surface area contributed by atoms with Gasteiger partial charge >= 0.3 is 5.63 Å². The zero-order valence-corrected chi connectivity index (χ0v) is 14.3. The summed E-state index contributed by atoms with van der Waals surface area (Å²) in [5.41, 5.74) is 4.72. The van der Waals surface area contributed by atoms with Crippen molar-refractivity contribution in [2.75, 3.05) is 27.0 Å². The molecular formula is C19H23NO4. The van der Waals surface area contributed by atoms with Gasteiger partial charge in [-0.1, -0.05) is 0 Å². The van der Waals surface area contributed by atoms with E-state index in [4.69, 9.17) is 13.9 Å². The minimum absolute atomic E-state index is 0.171. The SMILES string of the molecule is COCCCN1COc2c(cc3c4c(c(=O)oc3c2C)CCC4)C1. The molecule has 0 unspecified atom stereocenters. The molecule has 4 rings (SSSR count). The number of hydrogen-bond donors (Lipinski definition) is 0. The quantitative estimate of drug-likeness (QED) is 0.638. The smallest absolute Gasteiger partial charge is 0.339 e. The maximum atomic E-state index is 12.2. The standard InChI is InChI=1S/C19H23NO4/c1-12-17-13(10-20(11-23-17)7-4-8-22-2)9-16-14-5-3-6-15(14)19(21)24-18(12)16/h9H,3-8,10-11H2,1-2H3. The number of benzene rings is 1. The lowest BCUT2D eigenvalue weighted by Gasteiger charge is -2.30. The lowest BCUT2D eigenvalue weighted by atomic mass is 9.99. The van der Waals surface area contributed by atoms with Gasteiger partial charge in [0.05, 0.1) is 0 Å². The molecule has 2 aliphatic rings. The Hall–Kier alpha value is -1.85. The van der Waals surface area contributed by atoms with Crippen LogP contribution >= 0.6 is 0 Å². The van der Waals surface area contributed by atoms with Crippen LogP contribution in [-0.2, 0) is 24.1 Å². The van der Waals surface area contributed by atoms with E-state index in [1.54, 1.807) is 7.11 Å². The van der Waals surface area contributed by atoms with Crippen molar-refractivity contribution in [2.24, 2.45) is 0 Å². The van der Waals surface area contributed by atoms with Crippen LogP contribution in [0, 0.1) is 6.92 Å². The predicted molar refractivity (Wildman–Crippen MR) is 91.6 cm³/mol. The summed E-state index contributed by atoms with van der Waals surface area (Å²) in [6, 6.07) is 2.17. The highest BCUT2D eigenvalue weighted by Crippen LogP contribution is 2.37. The van der Waals surface area contributed by atoms with E-state index >= 15 is 0 Å². The Balaban J connectivity index is 1.75. The van der Waals surface area contributed by atoms with Crippen LogP contribution in [0.2, 0.25) is 0 Å². The molecule has 0 N–H and O–H groups in total. The summed E-state index contributed by atoms with van der Waals surface area (Å²) < 4.78 is 16.8. The van der Waals surface area contributed by atoms with Crippen molar-refractivity contribution < 1.29 is 13.9 Å². The number of fused-ring (bicyclic) bond motifs is 4. The average Bonchev–Trinajstić information content (AvgIpc) is 3.07. The van der Waals surface area contributed by atoms with E-state index in [0.29, 0.717) is 12.3 Å². The molecule has 1 aromatic heterocycles. The molecule has 128 valence electrons. The zero-order valence-electron chi connectivity index (χ0n) is 14.3. The van der Waals surface area contributed by atoms with E-state index in [0.717, 1.165) is 67.6 Å². The third kappa shape index (κ3) is 2.52. The third-order valence-corrected chi connectivity index (χ3v) is 5.13. The summed E-state index contributed by atoms with van der Waals surface area (Å²) in [6.45, 7) is 5.14. The van der Waals surface area contributed by atoms with E-state index in [1.165, 1.54) is 11.1 Å². The van der Waals surface area contributed by atoms with E-state index in [9.17, 15) is 4.79 Å². The van der Waals surface area contributed by atoms with Crippen molar-refractivity contribution >= 4 is 11.0 Å². The summed E-state index contributed by atoms with van der Waals surface area (Å²) in [6.07, 6.45) is 3.83. The van der Waals surface area contributed by atoms with Crippen LogP contribution in [0.3, 0.4) is 0 Å². The molecule has 0 amide bonds. The normalized spacial score (nSPS) is 16.9. The molecule has 0 fully saturated rings. The molecule has 1 aliphatic carbocycles. The van der Waals surface area contributed by atoms with Crippen molar-refractivity contribution in [2.45, 2.75) is 39.2 Å². The molecule has 0 saturated heterocycles. The Kier molecular flexibility index (Phi) is 4.06. The highest BCUT2D eigenvalue weighted by atomic mass is 16.5. The van der Waals surface area contributed by atoms with Crippen molar-refractivity contribution in [1.29, 1.82) is 0 Å². The van der Waals surface area contributed by atoms with Crippen LogP contribution in [0.1, 0.15) is 35.1 Å². The number of rotatable bonds is 4. The van der Waals surface area contributed by atoms with Crippen LogP contribution in [0.25, 0.3) is 11.0 Å². The summed E-state index contributed by atoms with van der Waals surface area (Å²) in [7, 11) is 1.73. The van der Waals surface area contributed by atoms with Gasteiger partial charge in [0.25, 0.3) is 0 Å². The fourth-order valence-electron chi connectivity index (χ4n) is 3.96. The first-order valence-electron chi connectivity index (χ1n) is 8.64. The Morgan fingerprint density at radius 2 is 2.12 bits per heavy atom. The summed E-state index contributed by atoms with van der Waals surface area (Å²) in [5, 5.41) is 1.10. The summed E-state index contributed by atoms with van der Waals surface area (Å²) >= 11 is 0. The molecule has 0 spiro atoms. The summed E-state index contributed by atoms with van der Waals surface area (Å²) in [4.78, 5) is 14.5. The minimum Gasteiger partial charge on any atom is -0.477 e. The average molecular weight is 329 g/mol. The molecule has 1 aromatic carbocycles. The van der Waals surface area contributed by atoms with Crippen molar-refractivity contribution in [3.05, 3.63) is 38.7 Å². The van der Waals surface area contributed by atoms with Gasteiger partial charge in [-0.2, -0.15) is 0 Å². The highest BCUT2D eigenvalue weighted by Gasteiger charge is 2.26. The van der Waals surface area contributed by atoms with E-state index < -0.39 is 0 Å². The number of methoxy groups -OCH3 is 1. The van der Waals surface area contributed by atoms with Gasteiger partial charge in [0.2, 0.25) is 0 Å². The minimum atomic E-state index is -0.171. The molecule has 2 heterocycles. The Morgan fingerprint density at radius 1 is 1.29 bits per heavy atom. The fraction of sp³-hybridized carbons (Fsp3) is 0.526. The van der Waals surface area contributed by atoms with Gasteiger partial charge in [0.1, 0.15) is 18.1 Å². The largest absolute Gasteiger partial charge is 0.477 e. The third-order valence-electron chi connectivity index (χ3n) is 5.13. The molecule has 0 radical (unpaired) electrons. The number of nitrogens with zero attached hydrogens (tertiary/aromatic N) is 1. The first kappa shape index (κ1) is 15.7. The Morgan fingerprint density at radius 3 is 2.96 bits per heavy atom. The fourth-order valence-corrected chi connectivity index (χ4v) is 3.96. The Bertz CT molecular complexity index is 840. The second-order valence-corrected chi connectivity index (χ2v) is 6.74. The first-order valence-corrected chi connectivity index (χ1v) is 8.64.